The van der Waals surface area contributed by atoms with Gasteiger partial charge in [0.25, 0.3) is 0 Å². The zero-order valence-corrected chi connectivity index (χ0v) is 21.5. The maximum Gasteiger partial charge on any atom is 0.319 e. The Hall–Kier alpha value is -3.49. The first kappa shape index (κ1) is 25.2. The largest absolute Gasteiger partial charge is 0.493 e. The van der Waals surface area contributed by atoms with E-state index < -0.39 is 12.1 Å². The SMILES string of the molecule is Cc1cc(NC(=O)N[C@@H]2c3ccccc3C(C)(C)C[C@H]2O)c(C2CCOCC2)nc1-c1ccc(O)nc1. The number of aliphatic hydroxyl groups excluding tert-OH is 1. The van der Waals surface area contributed by atoms with Gasteiger partial charge in [-0.1, -0.05) is 38.1 Å². The summed E-state index contributed by atoms with van der Waals surface area (Å²) in [5.41, 5.74) is 5.79. The lowest BCUT2D eigenvalue weighted by Crippen LogP contribution is -2.45. The molecule has 3 aromatic rings. The fourth-order valence-corrected chi connectivity index (χ4v) is 5.64. The maximum atomic E-state index is 13.3. The van der Waals surface area contributed by atoms with Crippen molar-refractivity contribution < 1.29 is 19.7 Å². The molecule has 1 aliphatic heterocycles. The molecule has 1 aromatic carbocycles. The second-order valence-electron chi connectivity index (χ2n) is 10.7. The molecule has 4 N–H and O–H groups in total. The molecule has 194 valence electrons. The van der Waals surface area contributed by atoms with Crippen LogP contribution in [0.15, 0.2) is 48.7 Å². The zero-order chi connectivity index (χ0) is 26.2. The molecular weight excluding hydrogens is 468 g/mol. The summed E-state index contributed by atoms with van der Waals surface area (Å²) in [6, 6.07) is 12.4. The van der Waals surface area contributed by atoms with E-state index in [9.17, 15) is 15.0 Å². The Bertz CT molecular complexity index is 1290. The molecule has 2 aliphatic rings. The minimum atomic E-state index is -0.699. The van der Waals surface area contributed by atoms with Crippen molar-refractivity contribution in [3.8, 4) is 17.1 Å². The minimum absolute atomic E-state index is 0.0455. The fraction of sp³-hybridized carbons (Fsp3) is 0.414. The van der Waals surface area contributed by atoms with Gasteiger partial charge in [-0.15, -0.1) is 0 Å². The number of aliphatic hydroxyl groups is 1. The van der Waals surface area contributed by atoms with E-state index in [4.69, 9.17) is 9.72 Å². The van der Waals surface area contributed by atoms with Crippen LogP contribution in [0.1, 0.15) is 67.5 Å². The Morgan fingerprint density at radius 1 is 1.14 bits per heavy atom. The molecule has 2 amide bonds. The van der Waals surface area contributed by atoms with Gasteiger partial charge in [0.1, 0.15) is 0 Å². The third kappa shape index (κ3) is 5.17. The minimum Gasteiger partial charge on any atom is -0.493 e. The predicted molar refractivity (Wildman–Crippen MR) is 142 cm³/mol. The highest BCUT2D eigenvalue weighted by atomic mass is 16.5. The Morgan fingerprint density at radius 2 is 1.89 bits per heavy atom. The normalized spacial score (nSPS) is 21.2. The number of aromatic nitrogens is 2. The van der Waals surface area contributed by atoms with Crippen LogP contribution in [-0.4, -0.2) is 45.5 Å². The van der Waals surface area contributed by atoms with Crippen molar-refractivity contribution in [1.29, 1.82) is 0 Å². The summed E-state index contributed by atoms with van der Waals surface area (Å²) in [7, 11) is 0. The number of rotatable bonds is 4. The van der Waals surface area contributed by atoms with Crippen LogP contribution in [0.4, 0.5) is 10.5 Å². The van der Waals surface area contributed by atoms with E-state index in [2.05, 4.69) is 35.5 Å². The van der Waals surface area contributed by atoms with E-state index in [1.54, 1.807) is 18.3 Å². The number of urea groups is 1. The summed E-state index contributed by atoms with van der Waals surface area (Å²) in [5, 5.41) is 26.6. The van der Waals surface area contributed by atoms with E-state index in [1.807, 2.05) is 31.2 Å². The van der Waals surface area contributed by atoms with Gasteiger partial charge in [-0.25, -0.2) is 9.78 Å². The lowest BCUT2D eigenvalue weighted by atomic mass is 9.70. The molecule has 0 saturated carbocycles. The summed E-state index contributed by atoms with van der Waals surface area (Å²) in [6.45, 7) is 7.46. The molecular formula is C29H34N4O4. The molecule has 1 fully saturated rings. The smallest absolute Gasteiger partial charge is 0.319 e. The highest BCUT2D eigenvalue weighted by Gasteiger charge is 2.39. The van der Waals surface area contributed by atoms with Gasteiger partial charge in [0.05, 0.1) is 29.2 Å². The van der Waals surface area contributed by atoms with Crippen molar-refractivity contribution >= 4 is 11.7 Å². The molecule has 5 rings (SSSR count). The Labute approximate surface area is 217 Å². The van der Waals surface area contributed by atoms with Gasteiger partial charge >= 0.3 is 6.03 Å². The zero-order valence-electron chi connectivity index (χ0n) is 21.5. The van der Waals surface area contributed by atoms with E-state index in [0.29, 0.717) is 25.3 Å². The van der Waals surface area contributed by atoms with E-state index >= 15 is 0 Å². The molecule has 2 atom stereocenters. The molecule has 37 heavy (non-hydrogen) atoms. The number of carbonyl (C=O) groups is 1. The Kier molecular flexibility index (Phi) is 6.88. The number of hydrogen-bond acceptors (Lipinski definition) is 6. The van der Waals surface area contributed by atoms with Gasteiger partial charge in [-0.3, -0.25) is 4.98 Å². The summed E-state index contributed by atoms with van der Waals surface area (Å²) in [5.74, 6) is 0.0890. The lowest BCUT2D eigenvalue weighted by Gasteiger charge is -2.40. The fourth-order valence-electron chi connectivity index (χ4n) is 5.64. The average molecular weight is 503 g/mol. The first-order valence-electron chi connectivity index (χ1n) is 12.8. The number of nitrogens with zero attached hydrogens (tertiary/aromatic N) is 2. The number of amides is 2. The van der Waals surface area contributed by atoms with Crippen molar-refractivity contribution in [2.45, 2.75) is 63.5 Å². The molecule has 0 unspecified atom stereocenters. The van der Waals surface area contributed by atoms with Crippen LogP contribution in [0.3, 0.4) is 0 Å². The van der Waals surface area contributed by atoms with Crippen LogP contribution >= 0.6 is 0 Å². The number of pyridine rings is 2. The van der Waals surface area contributed by atoms with Crippen LogP contribution in [0.2, 0.25) is 0 Å². The van der Waals surface area contributed by atoms with E-state index in [0.717, 1.165) is 46.5 Å². The van der Waals surface area contributed by atoms with Crippen molar-refractivity contribution in [1.82, 2.24) is 15.3 Å². The van der Waals surface area contributed by atoms with Crippen molar-refractivity contribution in [3.63, 3.8) is 0 Å². The molecule has 8 nitrogen and oxygen atoms in total. The Morgan fingerprint density at radius 3 is 2.62 bits per heavy atom. The summed E-state index contributed by atoms with van der Waals surface area (Å²) in [6.07, 6.45) is 3.07. The van der Waals surface area contributed by atoms with Crippen LogP contribution in [0.25, 0.3) is 11.3 Å². The number of carbonyl (C=O) groups excluding carboxylic acids is 1. The van der Waals surface area contributed by atoms with E-state index in [1.165, 1.54) is 0 Å². The third-order valence-corrected chi connectivity index (χ3v) is 7.54. The predicted octanol–water partition coefficient (Wildman–Crippen LogP) is 4.96. The van der Waals surface area contributed by atoms with Crippen LogP contribution in [0.5, 0.6) is 5.88 Å². The first-order chi connectivity index (χ1) is 17.7. The molecule has 1 aliphatic carbocycles. The van der Waals surface area contributed by atoms with Gasteiger partial charge in [0, 0.05) is 37.0 Å². The van der Waals surface area contributed by atoms with Crippen molar-refractivity contribution in [3.05, 3.63) is 71.0 Å². The molecule has 3 heterocycles. The van der Waals surface area contributed by atoms with Gasteiger partial charge in [0.2, 0.25) is 5.88 Å². The number of benzene rings is 1. The second-order valence-corrected chi connectivity index (χ2v) is 10.7. The summed E-state index contributed by atoms with van der Waals surface area (Å²) >= 11 is 0. The number of fused-ring (bicyclic) bond motifs is 1. The van der Waals surface area contributed by atoms with Crippen molar-refractivity contribution in [2.24, 2.45) is 0 Å². The van der Waals surface area contributed by atoms with Gasteiger partial charge < -0.3 is 25.6 Å². The van der Waals surface area contributed by atoms with Crippen molar-refractivity contribution in [2.75, 3.05) is 18.5 Å². The standard InChI is InChI=1S/C29H34N4O4/c1-17-14-22(26(18-10-12-37-13-11-18)32-25(17)19-8-9-24(35)30-16-19)31-28(36)33-27-20-6-4-5-7-21(20)29(2,3)15-23(27)34/h4-9,14,16,18,23,27,34H,10-13,15H2,1-3H3,(H,30,35)(H2,31,33,36)/t23-,27-/m1/s1. The number of anilines is 1. The third-order valence-electron chi connectivity index (χ3n) is 7.54. The summed E-state index contributed by atoms with van der Waals surface area (Å²) in [4.78, 5) is 22.3. The second kappa shape index (κ2) is 10.1. The molecule has 0 bridgehead atoms. The molecule has 1 saturated heterocycles. The van der Waals surface area contributed by atoms with Crippen LogP contribution in [-0.2, 0) is 10.2 Å². The molecule has 0 radical (unpaired) electrons. The first-order valence-corrected chi connectivity index (χ1v) is 12.8. The highest BCUT2D eigenvalue weighted by Crippen LogP contribution is 2.42. The molecule has 2 aromatic heterocycles. The number of aryl methyl sites for hydroxylation is 1. The number of nitrogens with one attached hydrogen (secondary N) is 2. The maximum absolute atomic E-state index is 13.3. The van der Waals surface area contributed by atoms with Gasteiger partial charge in [0.15, 0.2) is 0 Å². The van der Waals surface area contributed by atoms with Gasteiger partial charge in [-0.05, 0) is 60.4 Å². The summed E-state index contributed by atoms with van der Waals surface area (Å²) < 4.78 is 5.56. The topological polar surface area (TPSA) is 117 Å². The molecule has 0 spiro atoms. The lowest BCUT2D eigenvalue weighted by molar-refractivity contribution is 0.0846. The quantitative estimate of drug-likeness (QED) is 0.401. The Balaban J connectivity index is 1.44. The number of ether oxygens (including phenoxy) is 1. The van der Waals surface area contributed by atoms with Gasteiger partial charge in [-0.2, -0.15) is 0 Å². The molecule has 8 heteroatoms. The average Bonchev–Trinajstić information content (AvgIpc) is 2.88. The highest BCUT2D eigenvalue weighted by molar-refractivity contribution is 5.91. The van der Waals surface area contributed by atoms with Crippen LogP contribution in [0, 0.1) is 6.92 Å². The van der Waals surface area contributed by atoms with E-state index in [-0.39, 0.29) is 23.2 Å². The number of hydrogen-bond donors (Lipinski definition) is 4. The van der Waals surface area contributed by atoms with Crippen LogP contribution < -0.4 is 10.6 Å². The number of aromatic hydroxyl groups is 1. The monoisotopic (exact) mass is 502 g/mol.